The van der Waals surface area contributed by atoms with Gasteiger partial charge in [-0.1, -0.05) is 17.3 Å². The largest absolute Gasteiger partial charge is 0.466 e. The molecule has 0 aromatic heterocycles. The number of carbonyl (C=O) groups excluding carboxylic acids is 1. The fourth-order valence-electron chi connectivity index (χ4n) is 2.13. The van der Waals surface area contributed by atoms with Gasteiger partial charge < -0.3 is 14.3 Å². The molecule has 1 aliphatic heterocycles. The van der Waals surface area contributed by atoms with Gasteiger partial charge in [0.1, 0.15) is 6.61 Å². The number of carbonyl (C=O) groups is 1. The van der Waals surface area contributed by atoms with Crippen LogP contribution in [-0.4, -0.2) is 37.1 Å². The molecular formula is C16H18N2O4. The van der Waals surface area contributed by atoms with E-state index in [-0.39, 0.29) is 19.1 Å². The van der Waals surface area contributed by atoms with Crippen LogP contribution in [0.2, 0.25) is 0 Å². The minimum absolute atomic E-state index is 0.0453. The molecule has 1 aromatic carbocycles. The van der Waals surface area contributed by atoms with E-state index in [9.17, 15) is 4.79 Å². The molecule has 0 spiro atoms. The van der Waals surface area contributed by atoms with E-state index in [4.69, 9.17) is 19.6 Å². The first-order valence-corrected chi connectivity index (χ1v) is 6.96. The number of hydrogen-bond acceptors (Lipinski definition) is 6. The summed E-state index contributed by atoms with van der Waals surface area (Å²) in [6.07, 6.45) is 0.192. The number of hydrogen-bond donors (Lipinski definition) is 0. The molecule has 6 nitrogen and oxygen atoms in total. The minimum atomic E-state index is -1.27. The molecule has 22 heavy (non-hydrogen) atoms. The fourth-order valence-corrected chi connectivity index (χ4v) is 2.13. The molecule has 0 amide bonds. The van der Waals surface area contributed by atoms with Crippen LogP contribution in [-0.2, 0) is 19.1 Å². The van der Waals surface area contributed by atoms with Crippen LogP contribution in [0.25, 0.3) is 0 Å². The van der Waals surface area contributed by atoms with Crippen LogP contribution in [0.3, 0.4) is 0 Å². The van der Waals surface area contributed by atoms with E-state index in [0.717, 1.165) is 5.56 Å². The van der Waals surface area contributed by atoms with Crippen molar-refractivity contribution in [3.63, 3.8) is 0 Å². The quantitative estimate of drug-likeness (QED) is 0.777. The Morgan fingerprint density at radius 3 is 2.95 bits per heavy atom. The summed E-state index contributed by atoms with van der Waals surface area (Å²) in [7, 11) is 1.30. The van der Waals surface area contributed by atoms with Crippen molar-refractivity contribution in [2.24, 2.45) is 5.16 Å². The number of ether oxygens (including phenoxy) is 2. The monoisotopic (exact) mass is 302 g/mol. The summed E-state index contributed by atoms with van der Waals surface area (Å²) in [5.74, 6) is -0.525. The third-order valence-electron chi connectivity index (χ3n) is 3.32. The smallest absolute Gasteiger partial charge is 0.356 e. The first-order chi connectivity index (χ1) is 10.5. The number of methoxy groups -OCH3 is 1. The number of rotatable bonds is 5. The highest BCUT2D eigenvalue weighted by atomic mass is 16.7. The molecule has 1 aromatic rings. The number of esters is 1. The van der Waals surface area contributed by atoms with Crippen LogP contribution < -0.4 is 0 Å². The summed E-state index contributed by atoms with van der Waals surface area (Å²) in [5.41, 5.74) is 0.593. The third-order valence-corrected chi connectivity index (χ3v) is 3.32. The van der Waals surface area contributed by atoms with E-state index in [2.05, 4.69) is 11.2 Å². The lowest BCUT2D eigenvalue weighted by molar-refractivity contribution is -0.176. The second-order valence-corrected chi connectivity index (χ2v) is 5.34. The fraction of sp³-hybridized carbons (Fsp3) is 0.438. The van der Waals surface area contributed by atoms with E-state index in [1.54, 1.807) is 18.2 Å². The summed E-state index contributed by atoms with van der Waals surface area (Å²) >= 11 is 0. The van der Waals surface area contributed by atoms with Gasteiger partial charge in [-0.15, -0.1) is 0 Å². The second kappa shape index (κ2) is 6.58. The maximum atomic E-state index is 12.1. The molecular weight excluding hydrogens is 284 g/mol. The molecule has 1 unspecified atom stereocenters. The van der Waals surface area contributed by atoms with Gasteiger partial charge in [-0.25, -0.2) is 4.79 Å². The van der Waals surface area contributed by atoms with Gasteiger partial charge >= 0.3 is 5.97 Å². The average Bonchev–Trinajstić information content (AvgIpc) is 2.98. The van der Waals surface area contributed by atoms with Crippen LogP contribution in [0, 0.1) is 11.3 Å². The molecule has 0 aliphatic carbocycles. The predicted octanol–water partition coefficient (Wildman–Crippen LogP) is 2.02. The number of nitrogens with zero attached hydrogens (tertiary/aromatic N) is 2. The highest BCUT2D eigenvalue weighted by molar-refractivity contribution is 6.05. The Bertz CT molecular complexity index is 633. The molecule has 0 saturated heterocycles. The van der Waals surface area contributed by atoms with E-state index in [0.29, 0.717) is 11.3 Å². The number of nitriles is 1. The van der Waals surface area contributed by atoms with E-state index in [1.807, 2.05) is 19.9 Å². The summed E-state index contributed by atoms with van der Waals surface area (Å²) in [6.45, 7) is 3.80. The maximum Gasteiger partial charge on any atom is 0.356 e. The van der Waals surface area contributed by atoms with Gasteiger partial charge in [0.05, 0.1) is 30.6 Å². The van der Waals surface area contributed by atoms with E-state index < -0.39 is 11.6 Å². The first kappa shape index (κ1) is 16.0. The van der Waals surface area contributed by atoms with Gasteiger partial charge in [0.25, 0.3) is 5.60 Å². The van der Waals surface area contributed by atoms with Crippen molar-refractivity contribution >= 4 is 11.7 Å². The average molecular weight is 302 g/mol. The molecule has 0 radical (unpaired) electrons. The standard InChI is InChI=1S/C16H18N2O4/c1-11(2)21-10-16(15(19)20-3)8-14(18-22-16)13-6-4-5-12(7-13)9-17/h4-7,11H,8,10H2,1-3H3. The number of benzene rings is 1. The van der Waals surface area contributed by atoms with Crippen molar-refractivity contribution < 1.29 is 19.1 Å². The number of oxime groups is 1. The molecule has 2 rings (SSSR count). The van der Waals surface area contributed by atoms with Crippen LogP contribution in [0.15, 0.2) is 29.4 Å². The zero-order valence-corrected chi connectivity index (χ0v) is 12.8. The summed E-state index contributed by atoms with van der Waals surface area (Å²) < 4.78 is 10.4. The zero-order valence-electron chi connectivity index (χ0n) is 12.8. The SMILES string of the molecule is COC(=O)C1(COC(C)C)CC(c2cccc(C#N)c2)=NO1. The first-order valence-electron chi connectivity index (χ1n) is 6.96. The molecule has 0 fully saturated rings. The molecule has 1 heterocycles. The summed E-state index contributed by atoms with van der Waals surface area (Å²) in [5, 5.41) is 13.0. The Kier molecular flexibility index (Phi) is 4.78. The normalized spacial score (nSPS) is 20.2. The lowest BCUT2D eigenvalue weighted by Gasteiger charge is -2.24. The van der Waals surface area contributed by atoms with Crippen molar-refractivity contribution in [3.8, 4) is 6.07 Å². The predicted molar refractivity (Wildman–Crippen MR) is 79.2 cm³/mol. The Hall–Kier alpha value is -2.39. The van der Waals surface area contributed by atoms with Crippen LogP contribution in [0.1, 0.15) is 31.4 Å². The molecule has 1 aliphatic rings. The van der Waals surface area contributed by atoms with E-state index >= 15 is 0 Å². The van der Waals surface area contributed by atoms with Crippen LogP contribution in [0.4, 0.5) is 0 Å². The molecule has 6 heteroatoms. The topological polar surface area (TPSA) is 80.9 Å². The lowest BCUT2D eigenvalue weighted by Crippen LogP contribution is -2.45. The minimum Gasteiger partial charge on any atom is -0.466 e. The van der Waals surface area contributed by atoms with Gasteiger partial charge in [-0.2, -0.15) is 5.26 Å². The second-order valence-electron chi connectivity index (χ2n) is 5.34. The van der Waals surface area contributed by atoms with Crippen LogP contribution in [0.5, 0.6) is 0 Å². The summed E-state index contributed by atoms with van der Waals surface area (Å²) in [4.78, 5) is 17.5. The van der Waals surface area contributed by atoms with Gasteiger partial charge in [-0.05, 0) is 26.0 Å². The Morgan fingerprint density at radius 1 is 1.55 bits per heavy atom. The van der Waals surface area contributed by atoms with Gasteiger partial charge in [0.15, 0.2) is 0 Å². The molecule has 0 N–H and O–H groups in total. The van der Waals surface area contributed by atoms with Crippen molar-refractivity contribution in [2.45, 2.75) is 32.0 Å². The summed E-state index contributed by atoms with van der Waals surface area (Å²) in [6, 6.07) is 9.07. The van der Waals surface area contributed by atoms with Gasteiger partial charge in [0.2, 0.25) is 0 Å². The third kappa shape index (κ3) is 3.26. The van der Waals surface area contributed by atoms with Crippen molar-refractivity contribution in [1.29, 1.82) is 5.26 Å². The molecule has 0 bridgehead atoms. The zero-order chi connectivity index (χ0) is 16.2. The Morgan fingerprint density at radius 2 is 2.32 bits per heavy atom. The van der Waals surface area contributed by atoms with E-state index in [1.165, 1.54) is 7.11 Å². The Balaban J connectivity index is 2.21. The molecule has 0 saturated carbocycles. The highest BCUT2D eigenvalue weighted by Crippen LogP contribution is 2.29. The van der Waals surface area contributed by atoms with Crippen molar-refractivity contribution in [2.75, 3.05) is 13.7 Å². The van der Waals surface area contributed by atoms with Crippen molar-refractivity contribution in [1.82, 2.24) is 0 Å². The lowest BCUT2D eigenvalue weighted by atomic mass is 9.94. The highest BCUT2D eigenvalue weighted by Gasteiger charge is 2.48. The van der Waals surface area contributed by atoms with Gasteiger partial charge in [0, 0.05) is 12.0 Å². The van der Waals surface area contributed by atoms with Crippen molar-refractivity contribution in [3.05, 3.63) is 35.4 Å². The molecule has 1 atom stereocenters. The maximum absolute atomic E-state index is 12.1. The Labute approximate surface area is 129 Å². The van der Waals surface area contributed by atoms with Crippen LogP contribution >= 0.6 is 0 Å². The molecule has 116 valence electrons. The van der Waals surface area contributed by atoms with Gasteiger partial charge in [-0.3, -0.25) is 0 Å².